The molecule has 35 heavy (non-hydrogen) atoms. The number of hydrogen-bond acceptors (Lipinski definition) is 5. The summed E-state index contributed by atoms with van der Waals surface area (Å²) in [5, 5.41) is 17.1. The fourth-order valence-electron chi connectivity index (χ4n) is 5.49. The third kappa shape index (κ3) is 3.53. The van der Waals surface area contributed by atoms with Gasteiger partial charge in [0, 0.05) is 40.9 Å². The highest BCUT2D eigenvalue weighted by Gasteiger charge is 2.41. The van der Waals surface area contributed by atoms with Gasteiger partial charge in [-0.25, -0.2) is 0 Å². The van der Waals surface area contributed by atoms with Gasteiger partial charge in [-0.1, -0.05) is 56.3 Å². The molecule has 0 saturated heterocycles. The van der Waals surface area contributed by atoms with Gasteiger partial charge in [-0.05, 0) is 46.4 Å². The van der Waals surface area contributed by atoms with Crippen LogP contribution in [-0.4, -0.2) is 10.7 Å². The van der Waals surface area contributed by atoms with Crippen LogP contribution < -0.4 is 5.32 Å². The van der Waals surface area contributed by atoms with Gasteiger partial charge in [-0.2, -0.15) is 0 Å². The van der Waals surface area contributed by atoms with Crippen molar-refractivity contribution < 1.29 is 14.1 Å². The first-order valence-electron chi connectivity index (χ1n) is 11.7. The number of Topliss-reactive ketones (excluding diaryl/α,β-unsaturated/α-hetero) is 1. The minimum absolute atomic E-state index is 0.00623. The molecule has 1 atom stereocenters. The molecule has 2 heterocycles. The Morgan fingerprint density at radius 3 is 2.66 bits per heavy atom. The van der Waals surface area contributed by atoms with Crippen LogP contribution in [-0.2, 0) is 4.79 Å². The molecule has 0 amide bonds. The number of nitrogens with one attached hydrogen (secondary N) is 1. The summed E-state index contributed by atoms with van der Waals surface area (Å²) in [6.45, 7) is 4.29. The minimum Gasteiger partial charge on any atom is -0.459 e. The minimum atomic E-state index is -0.422. The highest BCUT2D eigenvalue weighted by Crippen LogP contribution is 2.52. The topological polar surface area (TPSA) is 85.4 Å². The second-order valence-corrected chi connectivity index (χ2v) is 10.1. The van der Waals surface area contributed by atoms with Gasteiger partial charge >= 0.3 is 0 Å². The maximum Gasteiger partial charge on any atom is 0.270 e. The molecule has 1 aromatic heterocycles. The predicted molar refractivity (Wildman–Crippen MR) is 136 cm³/mol. The molecule has 0 saturated carbocycles. The maximum absolute atomic E-state index is 13.6. The van der Waals surface area contributed by atoms with Gasteiger partial charge in [-0.3, -0.25) is 14.9 Å². The Balaban J connectivity index is 1.50. The van der Waals surface area contributed by atoms with Crippen molar-refractivity contribution in [2.75, 3.05) is 5.32 Å². The molecule has 174 valence electrons. The summed E-state index contributed by atoms with van der Waals surface area (Å²) >= 11 is 0. The third-order valence-electron chi connectivity index (χ3n) is 6.99. The number of fused-ring (bicyclic) bond motifs is 4. The van der Waals surface area contributed by atoms with Gasteiger partial charge in [0.1, 0.15) is 17.6 Å². The van der Waals surface area contributed by atoms with E-state index in [1.54, 1.807) is 12.1 Å². The van der Waals surface area contributed by atoms with E-state index < -0.39 is 11.0 Å². The van der Waals surface area contributed by atoms with Gasteiger partial charge in [0.15, 0.2) is 5.78 Å². The quantitative estimate of drug-likeness (QED) is 0.254. The first kappa shape index (κ1) is 21.4. The van der Waals surface area contributed by atoms with Crippen LogP contribution in [0, 0.1) is 15.5 Å². The van der Waals surface area contributed by atoms with Crippen LogP contribution >= 0.6 is 0 Å². The van der Waals surface area contributed by atoms with Crippen LogP contribution in [0.2, 0.25) is 0 Å². The fraction of sp³-hybridized carbons (Fsp3) is 0.207. The number of nitro benzene ring substituents is 1. The van der Waals surface area contributed by atoms with Crippen molar-refractivity contribution in [3.8, 4) is 11.3 Å². The van der Waals surface area contributed by atoms with Crippen LogP contribution in [0.1, 0.15) is 44.1 Å². The zero-order chi connectivity index (χ0) is 24.3. The number of rotatable bonds is 3. The predicted octanol–water partition coefficient (Wildman–Crippen LogP) is 7.32. The Labute approximate surface area is 202 Å². The number of furan rings is 1. The summed E-state index contributed by atoms with van der Waals surface area (Å²) in [6, 6.07) is 22.0. The van der Waals surface area contributed by atoms with Gasteiger partial charge in [0.25, 0.3) is 5.69 Å². The van der Waals surface area contributed by atoms with Crippen molar-refractivity contribution in [3.63, 3.8) is 0 Å². The molecule has 6 nitrogen and oxygen atoms in total. The number of nitro groups is 1. The lowest BCUT2D eigenvalue weighted by atomic mass is 9.68. The SMILES string of the molecule is CC1(C)CC(=O)C2=C(C1)c1c(ccc3ccccc13)N[C@@H]2c1ccc(-c2cccc([N+](=O)[O-])c2)o1. The van der Waals surface area contributed by atoms with E-state index in [1.165, 1.54) is 12.1 Å². The highest BCUT2D eigenvalue weighted by molar-refractivity contribution is 6.12. The van der Waals surface area contributed by atoms with Crippen molar-refractivity contribution >= 4 is 33.5 Å². The molecule has 6 rings (SSSR count). The molecule has 0 unspecified atom stereocenters. The number of anilines is 1. The Morgan fingerprint density at radius 1 is 1.00 bits per heavy atom. The Kier molecular flexibility index (Phi) is 4.68. The van der Waals surface area contributed by atoms with Gasteiger partial charge in [0.05, 0.1) is 4.92 Å². The number of allylic oxidation sites excluding steroid dienone is 1. The molecule has 1 aliphatic carbocycles. The molecule has 0 radical (unpaired) electrons. The summed E-state index contributed by atoms with van der Waals surface area (Å²) < 4.78 is 6.22. The molecule has 1 N–H and O–H groups in total. The number of carbonyl (C=O) groups is 1. The molecular weight excluding hydrogens is 440 g/mol. The summed E-state index contributed by atoms with van der Waals surface area (Å²) in [6.07, 6.45) is 1.27. The van der Waals surface area contributed by atoms with Crippen LogP contribution in [0.3, 0.4) is 0 Å². The molecule has 0 bridgehead atoms. The van der Waals surface area contributed by atoms with Crippen molar-refractivity contribution in [1.82, 2.24) is 0 Å². The normalized spacial score (nSPS) is 18.7. The van der Waals surface area contributed by atoms with Gasteiger partial charge in [-0.15, -0.1) is 0 Å². The lowest BCUT2D eigenvalue weighted by molar-refractivity contribution is -0.384. The van der Waals surface area contributed by atoms with E-state index in [1.807, 2.05) is 24.3 Å². The maximum atomic E-state index is 13.6. The molecular formula is C29H24N2O4. The van der Waals surface area contributed by atoms with Gasteiger partial charge in [0.2, 0.25) is 0 Å². The molecule has 0 fully saturated rings. The van der Waals surface area contributed by atoms with Crippen molar-refractivity contribution in [3.05, 3.63) is 99.8 Å². The zero-order valence-electron chi connectivity index (χ0n) is 19.5. The second-order valence-electron chi connectivity index (χ2n) is 10.1. The van der Waals surface area contributed by atoms with E-state index >= 15 is 0 Å². The number of nitrogens with zero attached hydrogens (tertiary/aromatic N) is 1. The van der Waals surface area contributed by atoms with Crippen LogP contribution in [0.4, 0.5) is 11.4 Å². The lowest BCUT2D eigenvalue weighted by Gasteiger charge is -2.39. The monoisotopic (exact) mass is 464 g/mol. The van der Waals surface area contributed by atoms with Gasteiger partial charge < -0.3 is 9.73 Å². The Morgan fingerprint density at radius 2 is 1.83 bits per heavy atom. The van der Waals surface area contributed by atoms with E-state index in [-0.39, 0.29) is 16.9 Å². The number of ketones is 1. The molecule has 2 aliphatic rings. The standard InChI is InChI=1S/C29H24N2O4/c1-29(2)15-21-26-20-9-4-3-6-17(20)10-11-22(26)30-28(27(21)23(32)16-29)25-13-12-24(35-25)18-7-5-8-19(14-18)31(33)34/h3-14,28,30H,15-16H2,1-2H3/t28-/m1/s1. The van der Waals surface area contributed by atoms with Crippen molar-refractivity contribution in [1.29, 1.82) is 0 Å². The first-order chi connectivity index (χ1) is 16.8. The summed E-state index contributed by atoms with van der Waals surface area (Å²) in [5.74, 6) is 1.27. The first-order valence-corrected chi connectivity index (χ1v) is 11.7. The molecule has 3 aromatic carbocycles. The Hall–Kier alpha value is -4.19. The van der Waals surface area contributed by atoms with E-state index in [0.717, 1.165) is 39.6 Å². The molecule has 4 aromatic rings. The van der Waals surface area contributed by atoms with E-state index in [0.29, 0.717) is 23.5 Å². The average molecular weight is 465 g/mol. The zero-order valence-corrected chi connectivity index (χ0v) is 19.5. The summed E-state index contributed by atoms with van der Waals surface area (Å²) in [5.41, 5.74) is 4.41. The average Bonchev–Trinajstić information content (AvgIpc) is 3.33. The fourth-order valence-corrected chi connectivity index (χ4v) is 5.49. The number of non-ortho nitro benzene ring substituents is 1. The molecule has 1 aliphatic heterocycles. The van der Waals surface area contributed by atoms with Crippen molar-refractivity contribution in [2.45, 2.75) is 32.7 Å². The smallest absolute Gasteiger partial charge is 0.270 e. The largest absolute Gasteiger partial charge is 0.459 e. The van der Waals surface area contributed by atoms with Crippen LogP contribution in [0.15, 0.2) is 82.8 Å². The summed E-state index contributed by atoms with van der Waals surface area (Å²) in [7, 11) is 0. The number of benzene rings is 3. The molecule has 0 spiro atoms. The number of carbonyl (C=O) groups excluding carboxylic acids is 1. The second kappa shape index (κ2) is 7.67. The third-order valence-corrected chi connectivity index (χ3v) is 6.99. The highest BCUT2D eigenvalue weighted by atomic mass is 16.6. The van der Waals surface area contributed by atoms with E-state index in [2.05, 4.69) is 43.4 Å². The summed E-state index contributed by atoms with van der Waals surface area (Å²) in [4.78, 5) is 24.4. The number of hydrogen-bond donors (Lipinski definition) is 1. The Bertz CT molecular complexity index is 1560. The lowest BCUT2D eigenvalue weighted by Crippen LogP contribution is -2.33. The molecule has 6 heteroatoms. The van der Waals surface area contributed by atoms with E-state index in [4.69, 9.17) is 4.42 Å². The van der Waals surface area contributed by atoms with Crippen LogP contribution in [0.25, 0.3) is 27.7 Å². The van der Waals surface area contributed by atoms with E-state index in [9.17, 15) is 14.9 Å². The van der Waals surface area contributed by atoms with Crippen LogP contribution in [0.5, 0.6) is 0 Å². The van der Waals surface area contributed by atoms with Crippen molar-refractivity contribution in [2.24, 2.45) is 5.41 Å².